The third-order valence-corrected chi connectivity index (χ3v) is 4.48. The molecule has 0 fully saturated rings. The Labute approximate surface area is 106 Å². The first-order valence-corrected chi connectivity index (χ1v) is 6.68. The Morgan fingerprint density at radius 3 is 2.69 bits per heavy atom. The van der Waals surface area contributed by atoms with E-state index >= 15 is 0 Å². The van der Waals surface area contributed by atoms with Crippen LogP contribution in [0.3, 0.4) is 0 Å². The molecule has 1 amide bonds. The summed E-state index contributed by atoms with van der Waals surface area (Å²) in [6.45, 7) is 5.79. The van der Waals surface area contributed by atoms with Crippen molar-refractivity contribution in [3.05, 3.63) is 22.4 Å². The van der Waals surface area contributed by atoms with Crippen LogP contribution in [-0.2, 0) is 4.79 Å². The molecule has 16 heavy (non-hydrogen) atoms. The fraction of sp³-hybridized carbons (Fsp3) is 0.583. The Balaban J connectivity index is 2.79. The summed E-state index contributed by atoms with van der Waals surface area (Å²) in [5, 5.41) is 2.02. The quantitative estimate of drug-likeness (QED) is 0.758. The van der Waals surface area contributed by atoms with E-state index in [0.717, 1.165) is 0 Å². The Morgan fingerprint density at radius 2 is 2.25 bits per heavy atom. The summed E-state index contributed by atoms with van der Waals surface area (Å²) in [6.07, 6.45) is 0. The molecule has 1 unspecified atom stereocenters. The number of carbonyl (C=O) groups excluding carboxylic acids is 1. The molecule has 0 aliphatic carbocycles. The van der Waals surface area contributed by atoms with Crippen molar-refractivity contribution < 1.29 is 4.79 Å². The smallest absolute Gasteiger partial charge is 0.229 e. The van der Waals surface area contributed by atoms with Crippen LogP contribution in [0.2, 0.25) is 0 Å². The molecule has 1 aromatic heterocycles. The zero-order valence-electron chi connectivity index (χ0n) is 10.2. The Kier molecular flexibility index (Phi) is 4.39. The maximum Gasteiger partial charge on any atom is 0.229 e. The highest BCUT2D eigenvalue weighted by Gasteiger charge is 2.32. The van der Waals surface area contributed by atoms with Gasteiger partial charge in [0.25, 0.3) is 0 Å². The Bertz CT molecular complexity index is 348. The normalized spacial score (nSPS) is 13.6. The van der Waals surface area contributed by atoms with Gasteiger partial charge >= 0.3 is 0 Å². The van der Waals surface area contributed by atoms with Crippen molar-refractivity contribution >= 4 is 28.8 Å². The number of hydrogen-bond donors (Lipinski definition) is 0. The van der Waals surface area contributed by atoms with Crippen LogP contribution in [0.25, 0.3) is 0 Å². The van der Waals surface area contributed by atoms with Crippen LogP contribution >= 0.6 is 22.9 Å². The summed E-state index contributed by atoms with van der Waals surface area (Å²) >= 11 is 7.48. The molecule has 0 saturated heterocycles. The molecule has 0 aliphatic heterocycles. The molecule has 0 N–H and O–H groups in total. The number of hydrogen-bond acceptors (Lipinski definition) is 2. The lowest BCUT2D eigenvalue weighted by Crippen LogP contribution is -2.40. The van der Waals surface area contributed by atoms with Gasteiger partial charge in [-0.3, -0.25) is 4.79 Å². The number of alkyl halides is 1. The molecule has 1 rings (SSSR count). The van der Waals surface area contributed by atoms with E-state index in [1.807, 2.05) is 45.3 Å². The molecule has 1 heterocycles. The molecular weight excluding hydrogens is 242 g/mol. The van der Waals surface area contributed by atoms with E-state index in [0.29, 0.717) is 5.88 Å². The summed E-state index contributed by atoms with van der Waals surface area (Å²) < 4.78 is 0. The van der Waals surface area contributed by atoms with Gasteiger partial charge in [-0.2, -0.15) is 0 Å². The third-order valence-electron chi connectivity index (χ3n) is 2.77. The molecule has 0 aromatic carbocycles. The van der Waals surface area contributed by atoms with Crippen LogP contribution in [-0.4, -0.2) is 23.7 Å². The fourth-order valence-corrected chi connectivity index (χ4v) is 2.37. The van der Waals surface area contributed by atoms with Crippen LogP contribution in [0.15, 0.2) is 17.5 Å². The summed E-state index contributed by atoms with van der Waals surface area (Å²) in [5.41, 5.74) is -0.498. The predicted molar refractivity (Wildman–Crippen MR) is 70.0 cm³/mol. The topological polar surface area (TPSA) is 20.3 Å². The van der Waals surface area contributed by atoms with Crippen molar-refractivity contribution in [3.8, 4) is 0 Å². The van der Waals surface area contributed by atoms with E-state index in [2.05, 4.69) is 0 Å². The number of halogens is 1. The highest BCUT2D eigenvalue weighted by molar-refractivity contribution is 7.10. The van der Waals surface area contributed by atoms with Gasteiger partial charge in [0.15, 0.2) is 0 Å². The lowest BCUT2D eigenvalue weighted by molar-refractivity contribution is -0.139. The zero-order chi connectivity index (χ0) is 12.3. The minimum Gasteiger partial charge on any atom is -0.338 e. The molecule has 0 radical (unpaired) electrons. The van der Waals surface area contributed by atoms with Crippen molar-refractivity contribution in [2.24, 2.45) is 5.41 Å². The Morgan fingerprint density at radius 1 is 1.62 bits per heavy atom. The average molecular weight is 260 g/mol. The largest absolute Gasteiger partial charge is 0.338 e. The fourth-order valence-electron chi connectivity index (χ4n) is 1.43. The maximum absolute atomic E-state index is 12.2. The lowest BCUT2D eigenvalue weighted by atomic mass is 9.94. The first kappa shape index (κ1) is 13.5. The molecule has 0 bridgehead atoms. The second-order valence-corrected chi connectivity index (χ2v) is 5.87. The van der Waals surface area contributed by atoms with Gasteiger partial charge in [0, 0.05) is 17.8 Å². The van der Waals surface area contributed by atoms with Crippen molar-refractivity contribution in [2.75, 3.05) is 12.9 Å². The van der Waals surface area contributed by atoms with Gasteiger partial charge in [0.1, 0.15) is 0 Å². The predicted octanol–water partition coefficient (Wildman–Crippen LogP) is 3.53. The van der Waals surface area contributed by atoms with Gasteiger partial charge in [0.2, 0.25) is 5.91 Å². The highest BCUT2D eigenvalue weighted by Crippen LogP contribution is 2.28. The lowest BCUT2D eigenvalue weighted by Gasteiger charge is -2.31. The monoisotopic (exact) mass is 259 g/mol. The molecule has 0 saturated carbocycles. The van der Waals surface area contributed by atoms with Crippen LogP contribution in [0.5, 0.6) is 0 Å². The first-order chi connectivity index (χ1) is 7.40. The second-order valence-electron chi connectivity index (χ2n) is 4.62. The first-order valence-electron chi connectivity index (χ1n) is 5.27. The SMILES string of the molecule is CC(c1cccs1)N(C)C(=O)C(C)(C)CCl. The zero-order valence-corrected chi connectivity index (χ0v) is 11.7. The van der Waals surface area contributed by atoms with Gasteiger partial charge in [-0.25, -0.2) is 0 Å². The van der Waals surface area contributed by atoms with Crippen LogP contribution in [0, 0.1) is 5.41 Å². The molecule has 4 heteroatoms. The number of amides is 1. The molecule has 2 nitrogen and oxygen atoms in total. The molecule has 0 spiro atoms. The van der Waals surface area contributed by atoms with E-state index in [-0.39, 0.29) is 11.9 Å². The Hall–Kier alpha value is -0.540. The van der Waals surface area contributed by atoms with Crippen LogP contribution in [0.1, 0.15) is 31.7 Å². The molecule has 1 aromatic rings. The molecule has 1 atom stereocenters. The van der Waals surface area contributed by atoms with E-state index < -0.39 is 5.41 Å². The van der Waals surface area contributed by atoms with E-state index in [1.165, 1.54) is 4.88 Å². The van der Waals surface area contributed by atoms with Crippen molar-refractivity contribution in [3.63, 3.8) is 0 Å². The van der Waals surface area contributed by atoms with Gasteiger partial charge in [-0.15, -0.1) is 22.9 Å². The highest BCUT2D eigenvalue weighted by atomic mass is 35.5. The van der Waals surface area contributed by atoms with Gasteiger partial charge in [-0.1, -0.05) is 6.07 Å². The van der Waals surface area contributed by atoms with Gasteiger partial charge < -0.3 is 4.90 Å². The third kappa shape index (κ3) is 2.77. The molecule has 90 valence electrons. The number of thiophene rings is 1. The number of rotatable bonds is 4. The standard InChI is InChI=1S/C12H18ClNOS/c1-9(10-6-5-7-16-10)14(4)11(15)12(2,3)8-13/h5-7,9H,8H2,1-4H3. The van der Waals surface area contributed by atoms with Crippen molar-refractivity contribution in [1.29, 1.82) is 0 Å². The molecule has 0 aliphatic rings. The van der Waals surface area contributed by atoms with Crippen molar-refractivity contribution in [1.82, 2.24) is 4.90 Å². The molecular formula is C12H18ClNOS. The summed E-state index contributed by atoms with van der Waals surface area (Å²) in [5.74, 6) is 0.427. The number of nitrogens with zero attached hydrogens (tertiary/aromatic N) is 1. The summed E-state index contributed by atoms with van der Waals surface area (Å²) in [4.78, 5) is 15.1. The minimum atomic E-state index is -0.498. The average Bonchev–Trinajstić information content (AvgIpc) is 2.79. The second kappa shape index (κ2) is 5.19. The van der Waals surface area contributed by atoms with Crippen LogP contribution in [0.4, 0.5) is 0 Å². The van der Waals surface area contributed by atoms with E-state index in [4.69, 9.17) is 11.6 Å². The number of carbonyl (C=O) groups is 1. The maximum atomic E-state index is 12.2. The van der Waals surface area contributed by atoms with Gasteiger partial charge in [-0.05, 0) is 32.2 Å². The van der Waals surface area contributed by atoms with Crippen LogP contribution < -0.4 is 0 Å². The summed E-state index contributed by atoms with van der Waals surface area (Å²) in [7, 11) is 1.83. The van der Waals surface area contributed by atoms with Crippen molar-refractivity contribution in [2.45, 2.75) is 26.8 Å². The van der Waals surface area contributed by atoms with E-state index in [9.17, 15) is 4.79 Å². The van der Waals surface area contributed by atoms with Gasteiger partial charge in [0.05, 0.1) is 11.5 Å². The van der Waals surface area contributed by atoms with E-state index in [1.54, 1.807) is 16.2 Å². The minimum absolute atomic E-state index is 0.0865. The summed E-state index contributed by atoms with van der Waals surface area (Å²) in [6, 6.07) is 4.16.